The van der Waals surface area contributed by atoms with Gasteiger partial charge in [0.15, 0.2) is 0 Å². The van der Waals surface area contributed by atoms with E-state index in [9.17, 15) is 13.2 Å². The van der Waals surface area contributed by atoms with Gasteiger partial charge >= 0.3 is 0 Å². The molecule has 0 radical (unpaired) electrons. The highest BCUT2D eigenvalue weighted by Crippen LogP contribution is 2.25. The van der Waals surface area contributed by atoms with E-state index in [1.54, 1.807) is 11.9 Å². The second kappa shape index (κ2) is 7.13. The van der Waals surface area contributed by atoms with E-state index in [1.807, 2.05) is 13.8 Å². The molecular formula is C14H20ClNO4S. The van der Waals surface area contributed by atoms with Crippen molar-refractivity contribution in [1.82, 2.24) is 4.90 Å². The first-order valence-corrected chi connectivity index (χ1v) is 8.89. The first kappa shape index (κ1) is 17.8. The summed E-state index contributed by atoms with van der Waals surface area (Å²) in [6.07, 6.45) is 0.949. The van der Waals surface area contributed by atoms with Crippen LogP contribution in [-0.4, -0.2) is 39.9 Å². The van der Waals surface area contributed by atoms with Crippen LogP contribution in [0.25, 0.3) is 0 Å². The van der Waals surface area contributed by atoms with Crippen LogP contribution in [0.4, 0.5) is 0 Å². The maximum absolute atomic E-state index is 12.5. The van der Waals surface area contributed by atoms with E-state index < -0.39 is 9.05 Å². The van der Waals surface area contributed by atoms with Gasteiger partial charge in [0, 0.05) is 24.3 Å². The lowest BCUT2D eigenvalue weighted by Crippen LogP contribution is -2.31. The van der Waals surface area contributed by atoms with E-state index in [2.05, 4.69) is 0 Å². The number of hydrogen-bond acceptors (Lipinski definition) is 4. The van der Waals surface area contributed by atoms with E-state index >= 15 is 0 Å². The van der Waals surface area contributed by atoms with Gasteiger partial charge in [-0.1, -0.05) is 20.3 Å². The average molecular weight is 334 g/mol. The Morgan fingerprint density at radius 1 is 1.43 bits per heavy atom. The third-order valence-electron chi connectivity index (χ3n) is 3.31. The minimum atomic E-state index is -3.89. The lowest BCUT2D eigenvalue weighted by atomic mass is 10.1. The predicted octanol–water partition coefficient (Wildman–Crippen LogP) is 2.74. The first-order valence-electron chi connectivity index (χ1n) is 6.58. The summed E-state index contributed by atoms with van der Waals surface area (Å²) in [4.78, 5) is 13.9. The van der Waals surface area contributed by atoms with Crippen molar-refractivity contribution in [2.45, 2.75) is 25.2 Å². The summed E-state index contributed by atoms with van der Waals surface area (Å²) in [7, 11) is 4.53. The van der Waals surface area contributed by atoms with Crippen molar-refractivity contribution in [3.63, 3.8) is 0 Å². The highest BCUT2D eigenvalue weighted by atomic mass is 35.7. The fraction of sp³-hybridized carbons (Fsp3) is 0.500. The lowest BCUT2D eigenvalue weighted by Gasteiger charge is -2.22. The van der Waals surface area contributed by atoms with Gasteiger partial charge in [0.1, 0.15) is 5.75 Å². The molecule has 0 aliphatic carbocycles. The summed E-state index contributed by atoms with van der Waals surface area (Å²) in [5.74, 6) is 0.374. The van der Waals surface area contributed by atoms with Gasteiger partial charge in [0.2, 0.25) is 0 Å². The molecule has 0 heterocycles. The van der Waals surface area contributed by atoms with Gasteiger partial charge in [-0.15, -0.1) is 0 Å². The largest absolute Gasteiger partial charge is 0.496 e. The molecule has 0 aliphatic heterocycles. The van der Waals surface area contributed by atoms with Gasteiger partial charge in [0.05, 0.1) is 17.6 Å². The Labute approximate surface area is 130 Å². The van der Waals surface area contributed by atoms with E-state index in [-0.39, 0.29) is 16.4 Å². The second-order valence-corrected chi connectivity index (χ2v) is 7.56. The molecule has 0 aliphatic rings. The third kappa shape index (κ3) is 4.61. The third-order valence-corrected chi connectivity index (χ3v) is 4.66. The van der Waals surface area contributed by atoms with Crippen molar-refractivity contribution in [2.24, 2.45) is 5.92 Å². The number of halogens is 1. The topological polar surface area (TPSA) is 63.7 Å². The number of nitrogens with zero attached hydrogens (tertiary/aromatic N) is 1. The molecule has 0 aromatic heterocycles. The van der Waals surface area contributed by atoms with Crippen LogP contribution in [0.5, 0.6) is 5.75 Å². The Balaban J connectivity index is 3.17. The SMILES string of the molecule is CCC(C)CN(C)C(=O)c1cc(S(=O)(=O)Cl)ccc1OC. The molecule has 1 amide bonds. The molecule has 1 atom stereocenters. The molecule has 21 heavy (non-hydrogen) atoms. The summed E-state index contributed by atoms with van der Waals surface area (Å²) < 4.78 is 27.9. The summed E-state index contributed by atoms with van der Waals surface area (Å²) in [5, 5.41) is 0. The molecule has 1 aromatic rings. The van der Waals surface area contributed by atoms with Gasteiger partial charge in [-0.25, -0.2) is 8.42 Å². The smallest absolute Gasteiger partial charge is 0.261 e. The fourth-order valence-corrected chi connectivity index (χ4v) is 2.67. The molecule has 1 unspecified atom stereocenters. The summed E-state index contributed by atoms with van der Waals surface area (Å²) in [5.41, 5.74) is 0.185. The number of ether oxygens (including phenoxy) is 1. The fourth-order valence-electron chi connectivity index (χ4n) is 1.89. The standard InChI is InChI=1S/C14H20ClNO4S/c1-5-10(2)9-16(3)14(17)12-8-11(21(15,18)19)6-7-13(12)20-4/h6-8,10H,5,9H2,1-4H3. The van der Waals surface area contributed by atoms with Crippen LogP contribution >= 0.6 is 10.7 Å². The van der Waals surface area contributed by atoms with Crippen LogP contribution in [0.15, 0.2) is 23.1 Å². The number of rotatable bonds is 6. The zero-order chi connectivity index (χ0) is 16.2. The van der Waals surface area contributed by atoms with Crippen LogP contribution in [0.1, 0.15) is 30.6 Å². The molecule has 5 nitrogen and oxygen atoms in total. The number of amides is 1. The van der Waals surface area contributed by atoms with Crippen LogP contribution in [0.2, 0.25) is 0 Å². The second-order valence-electron chi connectivity index (χ2n) is 5.00. The van der Waals surface area contributed by atoms with Crippen LogP contribution < -0.4 is 4.74 Å². The molecule has 0 saturated carbocycles. The summed E-state index contributed by atoms with van der Waals surface area (Å²) in [6, 6.07) is 3.99. The number of hydrogen-bond donors (Lipinski definition) is 0. The van der Waals surface area contributed by atoms with Crippen LogP contribution in [0, 0.1) is 5.92 Å². The molecule has 1 rings (SSSR count). The van der Waals surface area contributed by atoms with E-state index in [0.717, 1.165) is 6.42 Å². The maximum Gasteiger partial charge on any atom is 0.261 e. The highest BCUT2D eigenvalue weighted by Gasteiger charge is 2.21. The Morgan fingerprint density at radius 3 is 2.52 bits per heavy atom. The number of carbonyl (C=O) groups excluding carboxylic acids is 1. The van der Waals surface area contributed by atoms with Crippen molar-refractivity contribution in [3.8, 4) is 5.75 Å². The predicted molar refractivity (Wildman–Crippen MR) is 82.4 cm³/mol. The first-order chi connectivity index (χ1) is 9.70. The van der Waals surface area contributed by atoms with Gasteiger partial charge in [-0.3, -0.25) is 4.79 Å². The zero-order valence-electron chi connectivity index (χ0n) is 12.6. The summed E-state index contributed by atoms with van der Waals surface area (Å²) >= 11 is 0. The monoisotopic (exact) mass is 333 g/mol. The van der Waals surface area contributed by atoms with Crippen LogP contribution in [0.3, 0.4) is 0 Å². The number of benzene rings is 1. The van der Waals surface area contributed by atoms with Crippen molar-refractivity contribution in [2.75, 3.05) is 20.7 Å². The maximum atomic E-state index is 12.5. The molecule has 0 fully saturated rings. The molecule has 7 heteroatoms. The summed E-state index contributed by atoms with van der Waals surface area (Å²) in [6.45, 7) is 4.67. The molecule has 118 valence electrons. The van der Waals surface area contributed by atoms with Gasteiger partial charge in [-0.2, -0.15) is 0 Å². The van der Waals surface area contributed by atoms with E-state index in [1.165, 1.54) is 25.3 Å². The van der Waals surface area contributed by atoms with Crippen LogP contribution in [-0.2, 0) is 9.05 Å². The lowest BCUT2D eigenvalue weighted by molar-refractivity contribution is 0.0771. The van der Waals surface area contributed by atoms with Gasteiger partial charge < -0.3 is 9.64 Å². The minimum Gasteiger partial charge on any atom is -0.496 e. The molecular weight excluding hydrogens is 314 g/mol. The molecule has 0 spiro atoms. The number of methoxy groups -OCH3 is 1. The van der Waals surface area contributed by atoms with Crippen molar-refractivity contribution in [3.05, 3.63) is 23.8 Å². The Hall–Kier alpha value is -1.27. The molecule has 0 bridgehead atoms. The normalized spacial score (nSPS) is 12.8. The van der Waals surface area contributed by atoms with Gasteiger partial charge in [-0.05, 0) is 24.1 Å². The van der Waals surface area contributed by atoms with Gasteiger partial charge in [0.25, 0.3) is 15.0 Å². The molecule has 0 N–H and O–H groups in total. The number of carbonyl (C=O) groups is 1. The van der Waals surface area contributed by atoms with E-state index in [4.69, 9.17) is 15.4 Å². The van der Waals surface area contributed by atoms with Crippen molar-refractivity contribution < 1.29 is 17.9 Å². The Kier molecular flexibility index (Phi) is 6.04. The molecule has 1 aromatic carbocycles. The molecule has 0 saturated heterocycles. The van der Waals surface area contributed by atoms with E-state index in [0.29, 0.717) is 18.2 Å². The average Bonchev–Trinajstić information content (AvgIpc) is 2.44. The van der Waals surface area contributed by atoms with Crippen molar-refractivity contribution >= 4 is 25.6 Å². The zero-order valence-corrected chi connectivity index (χ0v) is 14.2. The Bertz CT molecular complexity index is 615. The quantitative estimate of drug-likeness (QED) is 0.751. The van der Waals surface area contributed by atoms with Crippen molar-refractivity contribution in [1.29, 1.82) is 0 Å². The minimum absolute atomic E-state index is 0.120. The Morgan fingerprint density at radius 2 is 2.05 bits per heavy atom. The highest BCUT2D eigenvalue weighted by molar-refractivity contribution is 8.13.